The van der Waals surface area contributed by atoms with Gasteiger partial charge in [0.1, 0.15) is 0 Å². The molecular formula is C42H32N2. The minimum absolute atomic E-state index is 0.265. The molecule has 44 heavy (non-hydrogen) atoms. The molecule has 2 aliphatic rings. The van der Waals surface area contributed by atoms with Crippen molar-refractivity contribution in [3.05, 3.63) is 190 Å². The highest BCUT2D eigenvalue weighted by molar-refractivity contribution is 6.18. The molecule has 0 amide bonds. The van der Waals surface area contributed by atoms with Crippen molar-refractivity contribution in [3.63, 3.8) is 0 Å². The molecule has 8 rings (SSSR count). The van der Waals surface area contributed by atoms with Crippen molar-refractivity contribution >= 4 is 22.2 Å². The van der Waals surface area contributed by atoms with Gasteiger partial charge in [0.25, 0.3) is 0 Å². The first-order valence-corrected chi connectivity index (χ1v) is 15.2. The van der Waals surface area contributed by atoms with Crippen molar-refractivity contribution in [2.24, 2.45) is 0 Å². The van der Waals surface area contributed by atoms with E-state index in [0.29, 0.717) is 11.4 Å². The number of hydrogen-bond donors (Lipinski definition) is 2. The van der Waals surface area contributed by atoms with E-state index in [4.69, 9.17) is 10.8 Å². The monoisotopic (exact) mass is 564 g/mol. The van der Waals surface area contributed by atoms with Crippen LogP contribution in [-0.4, -0.2) is 11.4 Å². The van der Waals surface area contributed by atoms with Crippen LogP contribution in [-0.2, 0) is 10.8 Å². The third-order valence-electron chi connectivity index (χ3n) is 9.86. The van der Waals surface area contributed by atoms with Gasteiger partial charge in [0.2, 0.25) is 0 Å². The van der Waals surface area contributed by atoms with Crippen molar-refractivity contribution in [1.29, 1.82) is 10.8 Å². The lowest BCUT2D eigenvalue weighted by Gasteiger charge is -2.46. The highest BCUT2D eigenvalue weighted by Gasteiger charge is 2.53. The first-order chi connectivity index (χ1) is 21.4. The molecular weight excluding hydrogens is 532 g/mol. The summed E-state index contributed by atoms with van der Waals surface area (Å²) in [5, 5.41) is 20.1. The Labute approximate surface area is 258 Å². The number of fused-ring (bicyclic) bond motifs is 10. The number of nitrogens with one attached hydrogen (secondary N) is 2. The molecule has 0 saturated carbocycles. The number of hydrogen-bond acceptors (Lipinski definition) is 2. The van der Waals surface area contributed by atoms with Crippen molar-refractivity contribution in [1.82, 2.24) is 0 Å². The lowest BCUT2D eigenvalue weighted by molar-refractivity contribution is 0.563. The van der Waals surface area contributed by atoms with E-state index in [1.807, 2.05) is 24.3 Å². The maximum absolute atomic E-state index is 9.09. The van der Waals surface area contributed by atoms with Gasteiger partial charge >= 0.3 is 0 Å². The fourth-order valence-electron chi connectivity index (χ4n) is 7.83. The predicted octanol–water partition coefficient (Wildman–Crippen LogP) is 9.83. The van der Waals surface area contributed by atoms with Gasteiger partial charge < -0.3 is 10.8 Å². The lowest BCUT2D eigenvalue weighted by Crippen LogP contribution is -2.40. The van der Waals surface area contributed by atoms with E-state index in [1.165, 1.54) is 44.5 Å². The van der Waals surface area contributed by atoms with E-state index in [2.05, 4.69) is 123 Å². The maximum Gasteiger partial charge on any atom is 0.0719 e. The van der Waals surface area contributed by atoms with E-state index < -0.39 is 5.41 Å². The summed E-state index contributed by atoms with van der Waals surface area (Å²) in [5.41, 5.74) is 12.2. The van der Waals surface area contributed by atoms with E-state index in [0.717, 1.165) is 21.9 Å². The number of benzene rings is 6. The molecule has 0 fully saturated rings. The molecule has 2 nitrogen and oxygen atoms in total. The van der Waals surface area contributed by atoms with Crippen LogP contribution in [0.1, 0.15) is 58.4 Å². The van der Waals surface area contributed by atoms with Gasteiger partial charge in [0.15, 0.2) is 0 Å². The fraction of sp³-hybridized carbons (Fsp3) is 0.0952. The molecule has 0 atom stereocenters. The van der Waals surface area contributed by atoms with Crippen molar-refractivity contribution in [3.8, 4) is 11.1 Å². The van der Waals surface area contributed by atoms with Crippen LogP contribution in [0.15, 0.2) is 146 Å². The third-order valence-corrected chi connectivity index (χ3v) is 9.86. The number of allylic oxidation sites excluding steroid dienone is 2. The van der Waals surface area contributed by atoms with Crippen LogP contribution >= 0.6 is 0 Å². The van der Waals surface area contributed by atoms with Crippen LogP contribution in [0.5, 0.6) is 0 Å². The van der Waals surface area contributed by atoms with Gasteiger partial charge in [-0.15, -0.1) is 0 Å². The fourth-order valence-corrected chi connectivity index (χ4v) is 7.83. The summed E-state index contributed by atoms with van der Waals surface area (Å²) < 4.78 is 0. The molecule has 0 bridgehead atoms. The standard InChI is InChI=1S/C42H32N2/c1-41(2)35-20-9-10-21-36(35)42(33-18-7-5-15-30(33)31-16-6-8-19-34(31)42)37-23-22-28(26-38(37)41)39(43)24-25-40(44)32-17-11-13-27-12-3-4-14-29(27)32/h3-26,43-44H,1-2H3/b25-24-,43-39?,44-40?. The second-order valence-corrected chi connectivity index (χ2v) is 12.5. The van der Waals surface area contributed by atoms with Gasteiger partial charge in [0.05, 0.1) is 16.8 Å². The van der Waals surface area contributed by atoms with E-state index >= 15 is 0 Å². The quantitative estimate of drug-likeness (QED) is 0.200. The molecule has 0 saturated heterocycles. The van der Waals surface area contributed by atoms with Crippen LogP contribution in [0.3, 0.4) is 0 Å². The molecule has 0 heterocycles. The molecule has 1 spiro atoms. The number of rotatable bonds is 4. The second kappa shape index (κ2) is 9.59. The van der Waals surface area contributed by atoms with Gasteiger partial charge in [-0.2, -0.15) is 0 Å². The Morgan fingerprint density at radius 1 is 0.500 bits per heavy atom. The Balaban J connectivity index is 1.27. The SMILES string of the molecule is CC1(C)c2ccccc2C2(c3ccccc3-c3ccccc32)c2ccc(C(=N)/C=C\C(=N)c3cccc4ccccc34)cc21. The Kier molecular flexibility index (Phi) is 5.73. The van der Waals surface area contributed by atoms with Crippen molar-refractivity contribution in [2.45, 2.75) is 24.7 Å². The maximum atomic E-state index is 9.09. The molecule has 0 unspecified atom stereocenters. The average molecular weight is 565 g/mol. The van der Waals surface area contributed by atoms with Gasteiger partial charge in [-0.25, -0.2) is 0 Å². The van der Waals surface area contributed by atoms with Crippen LogP contribution in [0, 0.1) is 10.8 Å². The predicted molar refractivity (Wildman–Crippen MR) is 183 cm³/mol. The van der Waals surface area contributed by atoms with E-state index in [9.17, 15) is 0 Å². The molecule has 210 valence electrons. The highest BCUT2D eigenvalue weighted by atomic mass is 14.5. The normalized spacial score (nSPS) is 15.0. The minimum Gasteiger partial charge on any atom is -0.300 e. The molecule has 0 aliphatic heterocycles. The second-order valence-electron chi connectivity index (χ2n) is 12.5. The topological polar surface area (TPSA) is 47.7 Å². The minimum atomic E-state index is -0.429. The Hall–Kier alpha value is -5.34. The smallest absolute Gasteiger partial charge is 0.0719 e. The van der Waals surface area contributed by atoms with Crippen LogP contribution in [0.25, 0.3) is 21.9 Å². The van der Waals surface area contributed by atoms with Crippen molar-refractivity contribution < 1.29 is 0 Å². The zero-order valence-electron chi connectivity index (χ0n) is 24.9. The van der Waals surface area contributed by atoms with Gasteiger partial charge in [-0.05, 0) is 79.1 Å². The molecule has 2 aliphatic carbocycles. The zero-order valence-corrected chi connectivity index (χ0v) is 24.9. The largest absolute Gasteiger partial charge is 0.300 e. The third kappa shape index (κ3) is 3.55. The van der Waals surface area contributed by atoms with Crippen LogP contribution in [0.2, 0.25) is 0 Å². The average Bonchev–Trinajstić information content (AvgIpc) is 3.37. The lowest BCUT2D eigenvalue weighted by atomic mass is 9.55. The summed E-state index contributed by atoms with van der Waals surface area (Å²) in [4.78, 5) is 0. The first kappa shape index (κ1) is 26.3. The molecule has 0 radical (unpaired) electrons. The summed E-state index contributed by atoms with van der Waals surface area (Å²) in [7, 11) is 0. The summed E-state index contributed by atoms with van der Waals surface area (Å²) in [6.07, 6.45) is 3.53. The van der Waals surface area contributed by atoms with Gasteiger partial charge in [-0.3, -0.25) is 0 Å². The first-order valence-electron chi connectivity index (χ1n) is 15.2. The summed E-state index contributed by atoms with van der Waals surface area (Å²) in [6, 6.07) is 47.4. The summed E-state index contributed by atoms with van der Waals surface area (Å²) in [6.45, 7) is 4.62. The van der Waals surface area contributed by atoms with Gasteiger partial charge in [0, 0.05) is 11.0 Å². The Morgan fingerprint density at radius 2 is 1.05 bits per heavy atom. The highest BCUT2D eigenvalue weighted by Crippen LogP contribution is 2.61. The molecule has 2 N–H and O–H groups in total. The molecule has 0 aromatic heterocycles. The molecule has 2 heteroatoms. The Bertz CT molecular complexity index is 2150. The van der Waals surface area contributed by atoms with Crippen LogP contribution in [0.4, 0.5) is 0 Å². The molecule has 6 aromatic rings. The molecule has 6 aromatic carbocycles. The Morgan fingerprint density at radius 3 is 1.77 bits per heavy atom. The summed E-state index contributed by atoms with van der Waals surface area (Å²) in [5.74, 6) is 0. The van der Waals surface area contributed by atoms with Crippen molar-refractivity contribution in [2.75, 3.05) is 0 Å². The zero-order chi connectivity index (χ0) is 30.1. The van der Waals surface area contributed by atoms with Crippen LogP contribution < -0.4 is 0 Å². The summed E-state index contributed by atoms with van der Waals surface area (Å²) >= 11 is 0. The van der Waals surface area contributed by atoms with E-state index in [-0.39, 0.29) is 5.41 Å². The van der Waals surface area contributed by atoms with E-state index in [1.54, 1.807) is 12.2 Å². The van der Waals surface area contributed by atoms with Gasteiger partial charge in [-0.1, -0.05) is 141 Å².